The summed E-state index contributed by atoms with van der Waals surface area (Å²) in [5.74, 6) is -4.47. The fourth-order valence-electron chi connectivity index (χ4n) is 5.76. The summed E-state index contributed by atoms with van der Waals surface area (Å²) >= 11 is 5.29. The molecule has 10 N–H and O–H groups in total. The number of rotatable bonds is 11. The van der Waals surface area contributed by atoms with Crippen molar-refractivity contribution in [2.45, 2.75) is 49.4 Å². The van der Waals surface area contributed by atoms with Gasteiger partial charge in [0.25, 0.3) is 0 Å². The SMILES string of the molecule is CC(=O)N[C@@H]([C@@H](O)[C@H](O)[C@H](O)CNC(=S)Nc1ccc2c(c1)C(=O)OC21c2ccc(O)cc2Oc2cc(O)ccc21)[C@@H](O)CC(=O)C(=O)O. The van der Waals surface area contributed by atoms with Gasteiger partial charge in [0, 0.05) is 54.4 Å². The van der Waals surface area contributed by atoms with E-state index in [0.717, 1.165) is 6.92 Å². The van der Waals surface area contributed by atoms with E-state index in [4.69, 9.17) is 26.8 Å². The molecule has 0 saturated heterocycles. The highest BCUT2D eigenvalue weighted by molar-refractivity contribution is 7.80. The number of thiocarbonyl (C=S) groups is 1. The number of benzene rings is 3. The van der Waals surface area contributed by atoms with E-state index in [9.17, 15) is 49.8 Å². The van der Waals surface area contributed by atoms with E-state index in [1.807, 2.05) is 0 Å². The number of nitrogens with one attached hydrogen (secondary N) is 3. The molecule has 5 rings (SSSR count). The van der Waals surface area contributed by atoms with Crippen molar-refractivity contribution in [2.75, 3.05) is 11.9 Å². The molecule has 17 heteroatoms. The highest BCUT2D eigenvalue weighted by atomic mass is 32.1. The Morgan fingerprint density at radius 1 is 0.857 bits per heavy atom. The maximum Gasteiger partial charge on any atom is 0.372 e. The fourth-order valence-corrected chi connectivity index (χ4v) is 5.97. The van der Waals surface area contributed by atoms with E-state index in [1.54, 1.807) is 24.3 Å². The minimum absolute atomic E-state index is 0.0834. The highest BCUT2D eigenvalue weighted by Gasteiger charge is 2.53. The second kappa shape index (κ2) is 13.7. The fraction of sp³-hybridized carbons (Fsp3) is 0.281. The van der Waals surface area contributed by atoms with Crippen molar-refractivity contribution < 1.29 is 64.4 Å². The van der Waals surface area contributed by atoms with Gasteiger partial charge in [0.2, 0.25) is 11.7 Å². The normalized spacial score (nSPS) is 16.7. The molecule has 2 aliphatic heterocycles. The highest BCUT2D eigenvalue weighted by Crippen LogP contribution is 2.57. The summed E-state index contributed by atoms with van der Waals surface area (Å²) in [6.45, 7) is 0.557. The first-order chi connectivity index (χ1) is 23.1. The number of carboxylic acid groups (broad SMARTS) is 1. The van der Waals surface area contributed by atoms with Crippen molar-refractivity contribution >= 4 is 46.6 Å². The molecule has 1 spiro atoms. The van der Waals surface area contributed by atoms with Crippen LogP contribution in [0.3, 0.4) is 0 Å². The lowest BCUT2D eigenvalue weighted by Gasteiger charge is -2.36. The second-order valence-corrected chi connectivity index (χ2v) is 11.8. The number of carboxylic acids is 1. The number of carbonyl (C=O) groups is 4. The van der Waals surface area contributed by atoms with E-state index in [2.05, 4.69) is 16.0 Å². The molecular formula is C32H31N3O13S. The van der Waals surface area contributed by atoms with Crippen LogP contribution in [0, 0.1) is 0 Å². The van der Waals surface area contributed by atoms with Crippen LogP contribution in [0.15, 0.2) is 54.6 Å². The third-order valence-corrected chi connectivity index (χ3v) is 8.28. The van der Waals surface area contributed by atoms with Crippen LogP contribution in [-0.2, 0) is 24.7 Å². The number of esters is 1. The molecule has 2 heterocycles. The number of aliphatic hydroxyl groups excluding tert-OH is 4. The Balaban J connectivity index is 1.30. The predicted molar refractivity (Wildman–Crippen MR) is 171 cm³/mol. The van der Waals surface area contributed by atoms with Gasteiger partial charge in [0.15, 0.2) is 10.7 Å². The largest absolute Gasteiger partial charge is 0.508 e. The van der Waals surface area contributed by atoms with E-state index < -0.39 is 72.7 Å². The molecule has 16 nitrogen and oxygen atoms in total. The Bertz CT molecular complexity index is 1800. The molecule has 3 aromatic carbocycles. The molecular weight excluding hydrogens is 666 g/mol. The number of fused-ring (bicyclic) bond motifs is 6. The quantitative estimate of drug-likeness (QED) is 0.0715. The average Bonchev–Trinajstić information content (AvgIpc) is 3.32. The first-order valence-electron chi connectivity index (χ1n) is 14.7. The third-order valence-electron chi connectivity index (χ3n) is 8.03. The van der Waals surface area contributed by atoms with Gasteiger partial charge in [-0.15, -0.1) is 0 Å². The lowest BCUT2D eigenvalue weighted by molar-refractivity contribution is -0.151. The molecule has 0 bridgehead atoms. The van der Waals surface area contributed by atoms with Crippen molar-refractivity contribution in [1.82, 2.24) is 10.6 Å². The number of hydrogen-bond donors (Lipinski definition) is 10. The third kappa shape index (κ3) is 6.83. The van der Waals surface area contributed by atoms with Gasteiger partial charge in [0.1, 0.15) is 35.2 Å². The Morgan fingerprint density at radius 3 is 2.02 bits per heavy atom. The lowest BCUT2D eigenvalue weighted by atomic mass is 9.77. The zero-order chi connectivity index (χ0) is 35.8. The van der Waals surface area contributed by atoms with Gasteiger partial charge in [0.05, 0.1) is 23.8 Å². The second-order valence-electron chi connectivity index (χ2n) is 11.4. The van der Waals surface area contributed by atoms with Crippen molar-refractivity contribution in [2.24, 2.45) is 0 Å². The van der Waals surface area contributed by atoms with Crippen LogP contribution in [0.4, 0.5) is 5.69 Å². The van der Waals surface area contributed by atoms with E-state index >= 15 is 0 Å². The van der Waals surface area contributed by atoms with E-state index in [-0.39, 0.29) is 33.7 Å². The van der Waals surface area contributed by atoms with Crippen LogP contribution >= 0.6 is 12.2 Å². The van der Waals surface area contributed by atoms with Gasteiger partial charge in [-0.2, -0.15) is 0 Å². The first kappa shape index (κ1) is 35.0. The van der Waals surface area contributed by atoms with Gasteiger partial charge in [-0.3, -0.25) is 9.59 Å². The number of phenolic OH excluding ortho intramolecular Hbond substituents is 2. The minimum atomic E-state index is -2.04. The van der Waals surface area contributed by atoms with E-state index in [1.165, 1.54) is 30.3 Å². The molecule has 5 atom stereocenters. The Morgan fingerprint density at radius 2 is 1.45 bits per heavy atom. The van der Waals surface area contributed by atoms with Crippen molar-refractivity contribution in [3.8, 4) is 23.0 Å². The summed E-state index contributed by atoms with van der Waals surface area (Å²) in [7, 11) is 0. The number of amides is 1. The molecule has 49 heavy (non-hydrogen) atoms. The topological polar surface area (TPSA) is 264 Å². The summed E-state index contributed by atoms with van der Waals surface area (Å²) in [6, 6.07) is 11.7. The Labute approximate surface area is 282 Å². The van der Waals surface area contributed by atoms with Crippen molar-refractivity contribution in [3.05, 3.63) is 76.9 Å². The van der Waals surface area contributed by atoms with Gasteiger partial charge >= 0.3 is 11.9 Å². The number of hydrogen-bond acceptors (Lipinski definition) is 13. The lowest BCUT2D eigenvalue weighted by Crippen LogP contribution is -2.58. The van der Waals surface area contributed by atoms with Crippen LogP contribution in [0.2, 0.25) is 0 Å². The molecule has 0 saturated carbocycles. The molecule has 0 aliphatic carbocycles. The average molecular weight is 698 g/mol. The minimum Gasteiger partial charge on any atom is -0.508 e. The molecule has 0 radical (unpaired) electrons. The summed E-state index contributed by atoms with van der Waals surface area (Å²) in [5, 5.41) is 78.4. The number of anilines is 1. The van der Waals surface area contributed by atoms with Crippen LogP contribution in [-0.4, -0.2) is 101 Å². The van der Waals surface area contributed by atoms with Gasteiger partial charge in [-0.1, -0.05) is 6.07 Å². The number of ether oxygens (including phenoxy) is 2. The van der Waals surface area contributed by atoms with Gasteiger partial charge in [-0.05, 0) is 48.6 Å². The van der Waals surface area contributed by atoms with Crippen molar-refractivity contribution in [3.63, 3.8) is 0 Å². The van der Waals surface area contributed by atoms with Crippen LogP contribution in [0.1, 0.15) is 40.4 Å². The van der Waals surface area contributed by atoms with Crippen LogP contribution in [0.5, 0.6) is 23.0 Å². The van der Waals surface area contributed by atoms with Gasteiger partial charge < -0.3 is 61.2 Å². The van der Waals surface area contributed by atoms with E-state index in [0.29, 0.717) is 22.4 Å². The number of aliphatic hydroxyl groups is 4. The smallest absolute Gasteiger partial charge is 0.372 e. The molecule has 0 fully saturated rings. The summed E-state index contributed by atoms with van der Waals surface area (Å²) < 4.78 is 12.0. The molecule has 258 valence electrons. The predicted octanol–water partition coefficient (Wildman–Crippen LogP) is -0.0557. The summed E-state index contributed by atoms with van der Waals surface area (Å²) in [4.78, 5) is 47.3. The standard InChI is InChI=1S/C32H31N3O13S/c1-13(36)34-26(21(39)11-22(40)29(44)45)28(43)27(42)23(41)12-33-31(49)35-14-2-5-18-17(8-14)30(46)48-32(18)19-6-3-15(37)9-24(19)47-25-10-16(38)4-7-20(25)32/h2-10,21,23,26-28,37-39,41-43H,11-12H2,1H3,(H,34,36)(H,44,45)(H2,33,35,49)/t21-,23+,26+,27+,28+/m0/s1. The molecule has 0 aromatic heterocycles. The Hall–Kier alpha value is -5.33. The van der Waals surface area contributed by atoms with Crippen LogP contribution in [0.25, 0.3) is 0 Å². The van der Waals surface area contributed by atoms with Crippen molar-refractivity contribution in [1.29, 1.82) is 0 Å². The number of carbonyl (C=O) groups excluding carboxylic acids is 3. The zero-order valence-electron chi connectivity index (χ0n) is 25.5. The van der Waals surface area contributed by atoms with Crippen LogP contribution < -0.4 is 20.7 Å². The number of aliphatic carboxylic acids is 1. The molecule has 1 amide bonds. The summed E-state index contributed by atoms with van der Waals surface area (Å²) in [5.41, 5.74) is 0.322. The number of aromatic hydroxyl groups is 2. The van der Waals surface area contributed by atoms with Gasteiger partial charge in [-0.25, -0.2) is 9.59 Å². The maximum atomic E-state index is 13.3. The first-order valence-corrected chi connectivity index (χ1v) is 15.1. The zero-order valence-corrected chi connectivity index (χ0v) is 26.3. The molecule has 2 aliphatic rings. The Kier molecular flexibility index (Phi) is 9.75. The number of ketones is 1. The molecule has 0 unspecified atom stereocenters. The monoisotopic (exact) mass is 697 g/mol. The number of Topliss-reactive ketones (excluding diaryl/α,β-unsaturated/α-hetero) is 1. The number of phenols is 2. The molecule has 3 aromatic rings. The summed E-state index contributed by atoms with van der Waals surface area (Å²) in [6.07, 6.45) is -8.70. The maximum absolute atomic E-state index is 13.3.